The molecule has 6 aromatic rings. The van der Waals surface area contributed by atoms with Gasteiger partial charge in [0.1, 0.15) is 0 Å². The van der Waals surface area contributed by atoms with Crippen molar-refractivity contribution in [2.45, 2.75) is 245 Å². The number of unbranched alkanes of at least 4 members (excludes halogenated alkanes) is 18. The minimum atomic E-state index is 1.15. The van der Waals surface area contributed by atoms with Crippen LogP contribution in [0, 0.1) is 6.92 Å². The number of hydrogen-bond acceptors (Lipinski definition) is 7. The monoisotopic (exact) mass is 1040 g/mol. The average molecular weight is 1050 g/mol. The lowest BCUT2D eigenvalue weighted by Crippen LogP contribution is -1.87. The Kier molecular flexibility index (Phi) is 25.1. The molecule has 0 nitrogen and oxygen atoms in total. The van der Waals surface area contributed by atoms with Gasteiger partial charge in [0.05, 0.1) is 4.21 Å². The highest BCUT2D eigenvalue weighted by atomic mass is 32.2. The molecule has 0 atom stereocenters. The van der Waals surface area contributed by atoms with Crippen molar-refractivity contribution in [2.24, 2.45) is 0 Å². The number of thiol groups is 1. The first kappa shape index (κ1) is 55.9. The Balaban J connectivity index is 1.43. The molecule has 0 fully saturated rings. The predicted molar refractivity (Wildman–Crippen MR) is 320 cm³/mol. The van der Waals surface area contributed by atoms with Crippen LogP contribution >= 0.6 is 80.6 Å². The maximum Gasteiger partial charge on any atom is 0.0607 e. The van der Waals surface area contributed by atoms with E-state index in [4.69, 9.17) is 12.6 Å². The maximum atomic E-state index is 5.10. The van der Waals surface area contributed by atoms with E-state index in [0.29, 0.717) is 0 Å². The molecule has 6 heterocycles. The molecule has 0 radical (unpaired) electrons. The van der Waals surface area contributed by atoms with Crippen LogP contribution in [0.2, 0.25) is 0 Å². The lowest BCUT2D eigenvalue weighted by atomic mass is 10.0. The second-order valence-electron chi connectivity index (χ2n) is 19.9. The molecule has 0 saturated heterocycles. The first-order chi connectivity index (χ1) is 33.3. The van der Waals surface area contributed by atoms with Crippen LogP contribution in [0.25, 0.3) is 48.8 Å². The second kappa shape index (κ2) is 30.6. The Morgan fingerprint density at radius 1 is 0.279 bits per heavy atom. The van der Waals surface area contributed by atoms with E-state index in [-0.39, 0.29) is 0 Å². The first-order valence-electron chi connectivity index (χ1n) is 27.8. The zero-order valence-corrected chi connectivity index (χ0v) is 49.4. The van der Waals surface area contributed by atoms with Crippen LogP contribution in [0.3, 0.4) is 0 Å². The largest absolute Gasteiger partial charge is 0.139 e. The van der Waals surface area contributed by atoms with Gasteiger partial charge in [-0.3, -0.25) is 0 Å². The topological polar surface area (TPSA) is 0 Å². The van der Waals surface area contributed by atoms with Gasteiger partial charge in [-0.25, -0.2) is 0 Å². The molecule has 0 unspecified atom stereocenters. The quantitative estimate of drug-likeness (QED) is 0.0298. The van der Waals surface area contributed by atoms with Crippen LogP contribution in [0.1, 0.15) is 234 Å². The minimum absolute atomic E-state index is 1.15. The van der Waals surface area contributed by atoms with Gasteiger partial charge in [0.25, 0.3) is 0 Å². The number of rotatable bonds is 35. The molecule has 0 N–H and O–H groups in total. The van der Waals surface area contributed by atoms with Gasteiger partial charge in [-0.1, -0.05) is 157 Å². The van der Waals surface area contributed by atoms with Gasteiger partial charge >= 0.3 is 0 Å². The summed E-state index contributed by atoms with van der Waals surface area (Å²) in [5.41, 5.74) is 9.39. The fourth-order valence-electron chi connectivity index (χ4n) is 9.86. The molecule has 0 spiro atoms. The van der Waals surface area contributed by atoms with E-state index >= 15 is 0 Å². The fraction of sp³-hybridized carbons (Fsp3) is 0.607. The van der Waals surface area contributed by atoms with E-state index in [2.05, 4.69) is 130 Å². The van der Waals surface area contributed by atoms with Crippen molar-refractivity contribution in [1.29, 1.82) is 0 Å². The van der Waals surface area contributed by atoms with Gasteiger partial charge in [0.2, 0.25) is 0 Å². The third kappa shape index (κ3) is 16.3. The molecule has 68 heavy (non-hydrogen) atoms. The normalized spacial score (nSPS) is 11.8. The Hall–Kier alpha value is -1.45. The fourth-order valence-corrected chi connectivity index (χ4v) is 17.9. The van der Waals surface area contributed by atoms with E-state index in [1.165, 1.54) is 230 Å². The zero-order valence-electron chi connectivity index (χ0n) is 43.6. The van der Waals surface area contributed by atoms with Crippen molar-refractivity contribution in [2.75, 3.05) is 0 Å². The standard InChI is InChI=1S/C61H88S7/c1-8-14-20-26-32-45-38-44(7)63-56(45)51-39-46(33-27-21-15-9-2)57(64-51)52-40-47(34-28-22-16-10-3)58(65-52)53-41-48(35-29-23-17-11-4)59(66-53)54-42-49(36-30-24-18-12-5)60(67-54)55-43-50(61(62)68-55)37-31-25-19-13-6/h38-43,62H,8-37H2,1-7H3. The highest BCUT2D eigenvalue weighted by Crippen LogP contribution is 2.52. The number of thiophene rings is 6. The Bertz CT molecular complexity index is 2330. The highest BCUT2D eigenvalue weighted by Gasteiger charge is 2.24. The van der Waals surface area contributed by atoms with Gasteiger partial charge in [0, 0.05) is 53.6 Å². The molecule has 0 amide bonds. The molecule has 6 aromatic heterocycles. The van der Waals surface area contributed by atoms with Crippen LogP contribution in [-0.2, 0) is 38.5 Å². The average Bonchev–Trinajstić information content (AvgIpc) is 4.21. The minimum Gasteiger partial charge on any atom is -0.139 e. The number of hydrogen-bond donors (Lipinski definition) is 1. The smallest absolute Gasteiger partial charge is 0.0607 e. The summed E-state index contributed by atoms with van der Waals surface area (Å²) in [6.07, 6.45) is 38.4. The van der Waals surface area contributed by atoms with Crippen LogP contribution in [-0.4, -0.2) is 0 Å². The summed E-state index contributed by atoms with van der Waals surface area (Å²) < 4.78 is 1.23. The van der Waals surface area contributed by atoms with Gasteiger partial charge in [-0.15, -0.1) is 80.6 Å². The molecular formula is C61H88S7. The summed E-state index contributed by atoms with van der Waals surface area (Å²) >= 11 is 17.5. The predicted octanol–water partition coefficient (Wildman–Crippen LogP) is 23.7. The van der Waals surface area contributed by atoms with Gasteiger partial charge < -0.3 is 0 Å². The van der Waals surface area contributed by atoms with Crippen LogP contribution in [0.5, 0.6) is 0 Å². The molecular weight excluding hydrogens is 957 g/mol. The summed E-state index contributed by atoms with van der Waals surface area (Å²) in [4.78, 5) is 16.7. The highest BCUT2D eigenvalue weighted by molar-refractivity contribution is 7.83. The van der Waals surface area contributed by atoms with Gasteiger partial charge in [-0.2, -0.15) is 0 Å². The van der Waals surface area contributed by atoms with Gasteiger partial charge in [0.15, 0.2) is 0 Å². The molecule has 0 aliphatic carbocycles. The van der Waals surface area contributed by atoms with Crippen molar-refractivity contribution in [1.82, 2.24) is 0 Å². The van der Waals surface area contributed by atoms with E-state index in [9.17, 15) is 0 Å². The van der Waals surface area contributed by atoms with Crippen LogP contribution in [0.15, 0.2) is 40.6 Å². The van der Waals surface area contributed by atoms with Crippen molar-refractivity contribution in [3.05, 3.63) is 74.7 Å². The maximum absolute atomic E-state index is 5.10. The van der Waals surface area contributed by atoms with Crippen molar-refractivity contribution in [3.63, 3.8) is 0 Å². The molecule has 0 bridgehead atoms. The van der Waals surface area contributed by atoms with Crippen LogP contribution in [0.4, 0.5) is 0 Å². The molecule has 0 aliphatic heterocycles. The lowest BCUT2D eigenvalue weighted by Gasteiger charge is -2.02. The summed E-state index contributed by atoms with van der Waals surface area (Å²) in [5, 5.41) is 0. The molecule has 374 valence electrons. The molecule has 0 aliphatic rings. The SMILES string of the molecule is CCCCCCc1cc(-c2sc(-c3sc(-c4sc(-c5sc(-c6sc(C)cc6CCCCCC)cc5CCCCCC)cc4CCCCCC)cc3CCCCCC)cc2CCCCCC)sc1S. The molecule has 0 saturated carbocycles. The summed E-state index contributed by atoms with van der Waals surface area (Å²) in [6, 6.07) is 15.7. The molecule has 0 aromatic carbocycles. The van der Waals surface area contributed by atoms with Gasteiger partial charge in [-0.05, 0) is 154 Å². The molecule has 6 rings (SSSR count). The van der Waals surface area contributed by atoms with E-state index in [1.54, 1.807) is 47.3 Å². The van der Waals surface area contributed by atoms with E-state index < -0.39 is 0 Å². The molecule has 7 heteroatoms. The van der Waals surface area contributed by atoms with E-state index in [0.717, 1.165) is 6.42 Å². The summed E-state index contributed by atoms with van der Waals surface area (Å²) in [5.74, 6) is 0. The Labute approximate surface area is 445 Å². The van der Waals surface area contributed by atoms with Crippen molar-refractivity contribution in [3.8, 4) is 48.8 Å². The number of aryl methyl sites for hydroxylation is 7. The van der Waals surface area contributed by atoms with Crippen LogP contribution < -0.4 is 0 Å². The Morgan fingerprint density at radius 3 is 0.809 bits per heavy atom. The van der Waals surface area contributed by atoms with Crippen molar-refractivity contribution < 1.29 is 0 Å². The third-order valence-corrected chi connectivity index (χ3v) is 22.1. The van der Waals surface area contributed by atoms with E-state index in [1.807, 2.05) is 22.7 Å². The first-order valence-corrected chi connectivity index (χ1v) is 33.1. The third-order valence-electron chi connectivity index (χ3n) is 13.9. The summed E-state index contributed by atoms with van der Waals surface area (Å²) in [6.45, 7) is 16.3. The second-order valence-corrected chi connectivity index (χ2v) is 27.1. The lowest BCUT2D eigenvalue weighted by molar-refractivity contribution is 0.665. The zero-order chi connectivity index (χ0) is 48.1. The summed E-state index contributed by atoms with van der Waals surface area (Å²) in [7, 11) is 0. The Morgan fingerprint density at radius 2 is 0.515 bits per heavy atom. The van der Waals surface area contributed by atoms with Crippen molar-refractivity contribution >= 4 is 80.6 Å².